The van der Waals surface area contributed by atoms with E-state index in [4.69, 9.17) is 10.5 Å². The van der Waals surface area contributed by atoms with Crippen LogP contribution in [0.3, 0.4) is 0 Å². The molecule has 1 aliphatic heterocycles. The van der Waals surface area contributed by atoms with Gasteiger partial charge < -0.3 is 25.7 Å². The van der Waals surface area contributed by atoms with E-state index in [9.17, 15) is 8.78 Å². The molecule has 1 saturated heterocycles. The van der Waals surface area contributed by atoms with Gasteiger partial charge in [0.05, 0.1) is 17.3 Å². The van der Waals surface area contributed by atoms with Crippen LogP contribution in [0.25, 0.3) is 10.9 Å². The molecule has 2 aromatic heterocycles. The van der Waals surface area contributed by atoms with Gasteiger partial charge in [0.2, 0.25) is 5.88 Å². The molecular formula is C22H23BrF2N6O. The van der Waals surface area contributed by atoms with Gasteiger partial charge in [-0.1, -0.05) is 12.7 Å². The van der Waals surface area contributed by atoms with E-state index >= 15 is 0 Å². The van der Waals surface area contributed by atoms with Gasteiger partial charge in [0.1, 0.15) is 10.8 Å². The average molecular weight is 505 g/mol. The third-order valence-electron chi connectivity index (χ3n) is 5.28. The summed E-state index contributed by atoms with van der Waals surface area (Å²) in [6.45, 7) is 8.77. The number of hydrogen-bond acceptors (Lipinski definition) is 6. The summed E-state index contributed by atoms with van der Waals surface area (Å²) in [5, 5.41) is 3.41. The molecular weight excluding hydrogens is 482 g/mol. The van der Waals surface area contributed by atoms with Crippen LogP contribution >= 0.6 is 15.9 Å². The minimum absolute atomic E-state index is 0.0358. The van der Waals surface area contributed by atoms with Crippen LogP contribution in [-0.4, -0.2) is 46.0 Å². The van der Waals surface area contributed by atoms with Crippen molar-refractivity contribution in [2.45, 2.75) is 13.0 Å². The lowest BCUT2D eigenvalue weighted by molar-refractivity contribution is 0.282. The lowest BCUT2D eigenvalue weighted by atomic mass is 10.1. The molecule has 1 aliphatic rings. The molecule has 0 spiro atoms. The molecule has 32 heavy (non-hydrogen) atoms. The number of piperazine rings is 1. The Labute approximate surface area is 192 Å². The number of hydrogen-bond donors (Lipinski definition) is 3. The standard InChI is InChI=1S/C22H23BrF2N6O/c1-3-4-15(31-7-5-27-6-8-31)19(26)21-17(23)22(29-11-28-21)32-16-10-14(24)20-13(18(16)25)9-12(2)30-20/h3-4,9-11,19,27,30H,1,5-8,26H2,2H3/b15-4+. The maximum Gasteiger partial charge on any atom is 0.237 e. The monoisotopic (exact) mass is 504 g/mol. The molecule has 3 aromatic rings. The van der Waals surface area contributed by atoms with Crippen molar-refractivity contribution < 1.29 is 13.5 Å². The summed E-state index contributed by atoms with van der Waals surface area (Å²) in [6.07, 6.45) is 4.81. The molecule has 3 heterocycles. The Morgan fingerprint density at radius 2 is 2.06 bits per heavy atom. The van der Waals surface area contributed by atoms with Gasteiger partial charge in [0.25, 0.3) is 0 Å². The molecule has 0 saturated carbocycles. The lowest BCUT2D eigenvalue weighted by Gasteiger charge is -2.34. The molecule has 0 bridgehead atoms. The number of aryl methyl sites for hydroxylation is 1. The summed E-state index contributed by atoms with van der Waals surface area (Å²) in [5.41, 5.74) is 8.59. The second-order valence-electron chi connectivity index (χ2n) is 7.43. The topological polar surface area (TPSA) is 92.1 Å². The number of allylic oxidation sites excluding steroid dienone is 2. The van der Waals surface area contributed by atoms with Crippen molar-refractivity contribution in [3.05, 3.63) is 70.4 Å². The van der Waals surface area contributed by atoms with E-state index in [1.165, 1.54) is 12.4 Å². The molecule has 0 aliphatic carbocycles. The van der Waals surface area contributed by atoms with E-state index in [1.807, 2.05) is 6.08 Å². The van der Waals surface area contributed by atoms with Crippen LogP contribution in [0.15, 0.2) is 47.4 Å². The van der Waals surface area contributed by atoms with E-state index in [2.05, 4.69) is 47.7 Å². The third-order valence-corrected chi connectivity index (χ3v) is 6.02. The zero-order valence-electron chi connectivity index (χ0n) is 17.5. The molecule has 1 atom stereocenters. The number of aromatic nitrogens is 3. The maximum atomic E-state index is 15.0. The summed E-state index contributed by atoms with van der Waals surface area (Å²) in [4.78, 5) is 13.4. The van der Waals surface area contributed by atoms with Gasteiger partial charge in [-0.2, -0.15) is 0 Å². The SMILES string of the molecule is C=C/C=C(\C(N)c1ncnc(Oc2cc(F)c3[nH]c(C)cc3c2F)c1Br)N1CCNCC1. The summed E-state index contributed by atoms with van der Waals surface area (Å²) in [7, 11) is 0. The number of nitrogens with two attached hydrogens (primary N) is 1. The zero-order valence-corrected chi connectivity index (χ0v) is 19.0. The first-order valence-electron chi connectivity index (χ1n) is 10.1. The number of fused-ring (bicyclic) bond motifs is 1. The minimum atomic E-state index is -0.685. The van der Waals surface area contributed by atoms with Crippen molar-refractivity contribution in [2.24, 2.45) is 5.73 Å². The van der Waals surface area contributed by atoms with Crippen LogP contribution < -0.4 is 15.8 Å². The highest BCUT2D eigenvalue weighted by molar-refractivity contribution is 9.10. The quantitative estimate of drug-likeness (QED) is 0.438. The van der Waals surface area contributed by atoms with Crippen LogP contribution in [-0.2, 0) is 0 Å². The molecule has 4 rings (SSSR count). The highest BCUT2D eigenvalue weighted by Gasteiger charge is 2.25. The van der Waals surface area contributed by atoms with E-state index < -0.39 is 17.7 Å². The Morgan fingerprint density at radius 1 is 1.31 bits per heavy atom. The van der Waals surface area contributed by atoms with Gasteiger partial charge >= 0.3 is 0 Å². The summed E-state index contributed by atoms with van der Waals surface area (Å²) < 4.78 is 35.5. The summed E-state index contributed by atoms with van der Waals surface area (Å²) in [6, 6.07) is 1.91. The number of ether oxygens (including phenoxy) is 1. The van der Waals surface area contributed by atoms with Crippen molar-refractivity contribution >= 4 is 26.8 Å². The first-order chi connectivity index (χ1) is 15.4. The lowest BCUT2D eigenvalue weighted by Crippen LogP contribution is -2.44. The van der Waals surface area contributed by atoms with E-state index in [-0.39, 0.29) is 22.5 Å². The molecule has 10 heteroatoms. The second-order valence-corrected chi connectivity index (χ2v) is 8.23. The van der Waals surface area contributed by atoms with Gasteiger partial charge in [0.15, 0.2) is 17.4 Å². The zero-order chi connectivity index (χ0) is 22.8. The number of H-pyrrole nitrogens is 1. The number of halogens is 3. The fourth-order valence-corrected chi connectivity index (χ4v) is 4.29. The number of aromatic amines is 1. The van der Waals surface area contributed by atoms with Crippen molar-refractivity contribution in [1.29, 1.82) is 0 Å². The second kappa shape index (κ2) is 9.35. The van der Waals surface area contributed by atoms with E-state index in [0.29, 0.717) is 15.9 Å². The molecule has 168 valence electrons. The number of nitrogens with zero attached hydrogens (tertiary/aromatic N) is 3. The predicted octanol–water partition coefficient (Wildman–Crippen LogP) is 4.07. The number of rotatable bonds is 6. The Hall–Kier alpha value is -2.82. The van der Waals surface area contributed by atoms with Crippen molar-refractivity contribution in [3.63, 3.8) is 0 Å². The average Bonchev–Trinajstić information content (AvgIpc) is 3.19. The maximum absolute atomic E-state index is 15.0. The molecule has 0 amide bonds. The molecule has 1 unspecified atom stereocenters. The summed E-state index contributed by atoms with van der Waals surface area (Å²) >= 11 is 3.44. The summed E-state index contributed by atoms with van der Waals surface area (Å²) in [5.74, 6) is -1.55. The van der Waals surface area contributed by atoms with Crippen LogP contribution in [0.2, 0.25) is 0 Å². The normalized spacial score (nSPS) is 15.8. The number of benzene rings is 1. The minimum Gasteiger partial charge on any atom is -0.435 e. The van der Waals surface area contributed by atoms with Crippen LogP contribution in [0.4, 0.5) is 8.78 Å². The Morgan fingerprint density at radius 3 is 2.78 bits per heavy atom. The molecule has 0 radical (unpaired) electrons. The first kappa shape index (κ1) is 22.4. The Bertz CT molecular complexity index is 1190. The molecule has 1 fully saturated rings. The largest absolute Gasteiger partial charge is 0.435 e. The smallest absolute Gasteiger partial charge is 0.237 e. The van der Waals surface area contributed by atoms with Gasteiger partial charge in [0, 0.05) is 49.0 Å². The van der Waals surface area contributed by atoms with Crippen LogP contribution in [0.1, 0.15) is 17.4 Å². The van der Waals surface area contributed by atoms with Crippen LogP contribution in [0.5, 0.6) is 11.6 Å². The van der Waals surface area contributed by atoms with Crippen LogP contribution in [0, 0.1) is 18.6 Å². The fourth-order valence-electron chi connectivity index (χ4n) is 3.76. The third kappa shape index (κ3) is 4.25. The van der Waals surface area contributed by atoms with E-state index in [1.54, 1.807) is 13.0 Å². The molecule has 7 nitrogen and oxygen atoms in total. The highest BCUT2D eigenvalue weighted by Crippen LogP contribution is 2.37. The Kier molecular flexibility index (Phi) is 6.54. The van der Waals surface area contributed by atoms with Crippen molar-refractivity contribution in [1.82, 2.24) is 25.2 Å². The van der Waals surface area contributed by atoms with Crippen molar-refractivity contribution in [2.75, 3.05) is 26.2 Å². The van der Waals surface area contributed by atoms with E-state index in [0.717, 1.165) is 37.9 Å². The van der Waals surface area contributed by atoms with Gasteiger partial charge in [-0.25, -0.2) is 18.7 Å². The van der Waals surface area contributed by atoms with Gasteiger partial charge in [-0.05, 0) is 35.0 Å². The van der Waals surface area contributed by atoms with Crippen molar-refractivity contribution in [3.8, 4) is 11.6 Å². The fraction of sp³-hybridized carbons (Fsp3) is 0.273. The molecule has 4 N–H and O–H groups in total. The van der Waals surface area contributed by atoms with Gasteiger partial charge in [-0.3, -0.25) is 0 Å². The highest BCUT2D eigenvalue weighted by atomic mass is 79.9. The van der Waals surface area contributed by atoms with Gasteiger partial charge in [-0.15, -0.1) is 0 Å². The number of nitrogens with one attached hydrogen (secondary N) is 2. The molecule has 1 aromatic carbocycles. The Balaban J connectivity index is 1.68. The first-order valence-corrected chi connectivity index (χ1v) is 10.9. The predicted molar refractivity (Wildman–Crippen MR) is 122 cm³/mol.